The summed E-state index contributed by atoms with van der Waals surface area (Å²) in [6.07, 6.45) is 0.660. The lowest BCUT2D eigenvalue weighted by Crippen LogP contribution is -2.44. The Hall–Kier alpha value is -1.36. The summed E-state index contributed by atoms with van der Waals surface area (Å²) in [5.74, 6) is 2.50. The Morgan fingerprint density at radius 1 is 1.30 bits per heavy atom. The van der Waals surface area contributed by atoms with Crippen molar-refractivity contribution in [2.75, 3.05) is 23.7 Å². The van der Waals surface area contributed by atoms with Crippen LogP contribution in [0.2, 0.25) is 0 Å². The molecule has 1 aromatic heterocycles. The summed E-state index contributed by atoms with van der Waals surface area (Å²) >= 11 is 0. The van der Waals surface area contributed by atoms with Gasteiger partial charge in [-0.05, 0) is 19.3 Å². The summed E-state index contributed by atoms with van der Waals surface area (Å²) in [5.41, 5.74) is 6.81. The normalized spacial score (nSPS) is 24.0. The van der Waals surface area contributed by atoms with E-state index in [0.717, 1.165) is 30.2 Å². The molecule has 0 saturated carbocycles. The second kappa shape index (κ2) is 5.20. The first-order chi connectivity index (χ1) is 9.20. The molecule has 20 heavy (non-hydrogen) atoms. The predicted octanol–water partition coefficient (Wildman–Crippen LogP) is 1.87. The highest BCUT2D eigenvalue weighted by Crippen LogP contribution is 2.29. The van der Waals surface area contributed by atoms with Crippen LogP contribution in [0.3, 0.4) is 0 Å². The first-order valence-electron chi connectivity index (χ1n) is 7.27. The molecule has 112 valence electrons. The number of nitrogen functional groups attached to an aromatic ring is 1. The molecule has 0 amide bonds. The van der Waals surface area contributed by atoms with E-state index in [9.17, 15) is 5.11 Å². The maximum atomic E-state index is 10.1. The molecule has 1 fully saturated rings. The van der Waals surface area contributed by atoms with Crippen LogP contribution in [0.5, 0.6) is 0 Å². The van der Waals surface area contributed by atoms with Gasteiger partial charge >= 0.3 is 0 Å². The molecule has 2 unspecified atom stereocenters. The topological polar surface area (TPSA) is 75.3 Å². The largest absolute Gasteiger partial charge is 0.391 e. The third-order valence-corrected chi connectivity index (χ3v) is 4.05. The Bertz CT molecular complexity index is 495. The third kappa shape index (κ3) is 2.87. The number of hydrogen-bond acceptors (Lipinski definition) is 5. The lowest BCUT2D eigenvalue weighted by Gasteiger charge is -2.36. The number of anilines is 2. The molecule has 0 radical (unpaired) electrons. The minimum absolute atomic E-state index is 0.141. The van der Waals surface area contributed by atoms with Gasteiger partial charge < -0.3 is 15.7 Å². The van der Waals surface area contributed by atoms with Gasteiger partial charge in [0, 0.05) is 24.1 Å². The number of rotatable bonds is 1. The van der Waals surface area contributed by atoms with Crippen molar-refractivity contribution in [3.63, 3.8) is 0 Å². The number of nitrogens with two attached hydrogens (primary N) is 1. The number of aromatic nitrogens is 2. The number of aliphatic hydroxyl groups is 1. The third-order valence-electron chi connectivity index (χ3n) is 4.05. The van der Waals surface area contributed by atoms with Crippen molar-refractivity contribution in [1.29, 1.82) is 0 Å². The maximum Gasteiger partial charge on any atom is 0.138 e. The van der Waals surface area contributed by atoms with E-state index in [4.69, 9.17) is 10.7 Å². The summed E-state index contributed by atoms with van der Waals surface area (Å²) in [5, 5.41) is 10.1. The maximum absolute atomic E-state index is 10.1. The molecule has 5 heteroatoms. The van der Waals surface area contributed by atoms with Crippen LogP contribution >= 0.6 is 0 Å². The van der Waals surface area contributed by atoms with Gasteiger partial charge in [-0.1, -0.05) is 27.7 Å². The molecule has 2 rings (SSSR count). The van der Waals surface area contributed by atoms with Crippen molar-refractivity contribution in [2.24, 2.45) is 5.92 Å². The van der Waals surface area contributed by atoms with Gasteiger partial charge in [-0.2, -0.15) is 0 Å². The Morgan fingerprint density at radius 3 is 2.50 bits per heavy atom. The van der Waals surface area contributed by atoms with Gasteiger partial charge in [0.05, 0.1) is 6.10 Å². The molecule has 5 nitrogen and oxygen atoms in total. The molecule has 0 aromatic carbocycles. The van der Waals surface area contributed by atoms with E-state index in [-0.39, 0.29) is 11.5 Å². The van der Waals surface area contributed by atoms with Crippen molar-refractivity contribution in [3.8, 4) is 0 Å². The molecule has 1 aliphatic heterocycles. The van der Waals surface area contributed by atoms with Crippen LogP contribution in [-0.2, 0) is 5.41 Å². The second-order valence-electron chi connectivity index (χ2n) is 6.91. The van der Waals surface area contributed by atoms with E-state index >= 15 is 0 Å². The van der Waals surface area contributed by atoms with Gasteiger partial charge in [-0.3, -0.25) is 0 Å². The fourth-order valence-corrected chi connectivity index (χ4v) is 2.41. The highest BCUT2D eigenvalue weighted by atomic mass is 16.3. The zero-order valence-corrected chi connectivity index (χ0v) is 13.1. The standard InChI is InChI=1S/C15H26N4O/c1-9-6-7-19(8-11(9)20)13-10(2)12(16)17-14(18-13)15(3,4)5/h9,11,20H,6-8H2,1-5H3,(H2,16,17,18). The van der Waals surface area contributed by atoms with Crippen molar-refractivity contribution in [3.05, 3.63) is 11.4 Å². The van der Waals surface area contributed by atoms with Crippen LogP contribution in [0.25, 0.3) is 0 Å². The van der Waals surface area contributed by atoms with Gasteiger partial charge in [0.1, 0.15) is 17.5 Å². The average Bonchev–Trinajstić information content (AvgIpc) is 2.34. The summed E-state index contributed by atoms with van der Waals surface area (Å²) in [4.78, 5) is 11.3. The van der Waals surface area contributed by atoms with Gasteiger partial charge in [-0.25, -0.2) is 9.97 Å². The van der Waals surface area contributed by atoms with E-state index < -0.39 is 0 Å². The summed E-state index contributed by atoms with van der Waals surface area (Å²) in [7, 11) is 0. The summed E-state index contributed by atoms with van der Waals surface area (Å²) in [6.45, 7) is 11.8. The minimum atomic E-state index is -0.308. The number of aliphatic hydroxyl groups excluding tert-OH is 1. The lowest BCUT2D eigenvalue weighted by molar-refractivity contribution is 0.102. The van der Waals surface area contributed by atoms with E-state index in [0.29, 0.717) is 18.3 Å². The predicted molar refractivity (Wildman–Crippen MR) is 81.9 cm³/mol. The second-order valence-corrected chi connectivity index (χ2v) is 6.91. The van der Waals surface area contributed by atoms with E-state index in [1.807, 2.05) is 6.92 Å². The number of piperidine rings is 1. The molecule has 1 aromatic rings. The number of hydrogen-bond donors (Lipinski definition) is 2. The molecule has 1 aliphatic rings. The van der Waals surface area contributed by atoms with Crippen molar-refractivity contribution in [1.82, 2.24) is 9.97 Å². The summed E-state index contributed by atoms with van der Waals surface area (Å²) in [6, 6.07) is 0. The van der Waals surface area contributed by atoms with Gasteiger partial charge in [0.2, 0.25) is 0 Å². The van der Waals surface area contributed by atoms with Gasteiger partial charge in [-0.15, -0.1) is 0 Å². The van der Waals surface area contributed by atoms with Crippen LogP contribution in [0, 0.1) is 12.8 Å². The lowest BCUT2D eigenvalue weighted by atomic mass is 9.94. The fraction of sp³-hybridized carbons (Fsp3) is 0.733. The average molecular weight is 278 g/mol. The Labute approximate surface area is 121 Å². The molecular weight excluding hydrogens is 252 g/mol. The van der Waals surface area contributed by atoms with Crippen molar-refractivity contribution in [2.45, 2.75) is 52.6 Å². The monoisotopic (exact) mass is 278 g/mol. The van der Waals surface area contributed by atoms with Crippen molar-refractivity contribution < 1.29 is 5.11 Å². The Balaban J connectivity index is 2.38. The molecule has 3 N–H and O–H groups in total. The molecule has 1 saturated heterocycles. The molecule has 2 atom stereocenters. The smallest absolute Gasteiger partial charge is 0.138 e. The molecular formula is C15H26N4O. The van der Waals surface area contributed by atoms with Crippen LogP contribution < -0.4 is 10.6 Å². The summed E-state index contributed by atoms with van der Waals surface area (Å²) < 4.78 is 0. The zero-order chi connectivity index (χ0) is 15.1. The van der Waals surface area contributed by atoms with E-state index in [1.165, 1.54) is 0 Å². The molecule has 2 heterocycles. The van der Waals surface area contributed by atoms with Crippen molar-refractivity contribution >= 4 is 11.6 Å². The highest BCUT2D eigenvalue weighted by molar-refractivity contribution is 5.57. The first-order valence-corrected chi connectivity index (χ1v) is 7.27. The van der Waals surface area contributed by atoms with E-state index in [2.05, 4.69) is 37.6 Å². The van der Waals surface area contributed by atoms with Crippen LogP contribution in [-0.4, -0.2) is 34.3 Å². The Morgan fingerprint density at radius 2 is 1.95 bits per heavy atom. The van der Waals surface area contributed by atoms with Crippen LogP contribution in [0.1, 0.15) is 45.5 Å². The zero-order valence-electron chi connectivity index (χ0n) is 13.1. The van der Waals surface area contributed by atoms with E-state index in [1.54, 1.807) is 0 Å². The first kappa shape index (κ1) is 15.0. The number of nitrogens with zero attached hydrogens (tertiary/aromatic N) is 3. The Kier molecular flexibility index (Phi) is 3.91. The van der Waals surface area contributed by atoms with Crippen LogP contribution in [0.4, 0.5) is 11.6 Å². The molecule has 0 spiro atoms. The molecule has 0 bridgehead atoms. The quantitative estimate of drug-likeness (QED) is 0.820. The SMILES string of the molecule is Cc1c(N)nc(C(C)(C)C)nc1N1CCC(C)C(O)C1. The molecule has 0 aliphatic carbocycles. The highest BCUT2D eigenvalue weighted by Gasteiger charge is 2.28. The van der Waals surface area contributed by atoms with Crippen LogP contribution in [0.15, 0.2) is 0 Å². The van der Waals surface area contributed by atoms with Gasteiger partial charge in [0.25, 0.3) is 0 Å². The van der Waals surface area contributed by atoms with Gasteiger partial charge in [0.15, 0.2) is 0 Å². The number of β-amino-alcohol motifs (C(OH)–C–C–N with tert-alkyl or cyclic N) is 1. The minimum Gasteiger partial charge on any atom is -0.391 e. The fourth-order valence-electron chi connectivity index (χ4n) is 2.41.